The molecule has 0 saturated carbocycles. The summed E-state index contributed by atoms with van der Waals surface area (Å²) >= 11 is 0. The third kappa shape index (κ3) is 5.93. The summed E-state index contributed by atoms with van der Waals surface area (Å²) in [7, 11) is 0. The molecule has 0 bridgehead atoms. The Morgan fingerprint density at radius 1 is 1.11 bits per heavy atom. The highest BCUT2D eigenvalue weighted by atomic mass is 19.1. The molecule has 3 aliphatic rings. The number of carbonyl (C=O) groups is 1. The maximum absolute atomic E-state index is 15.0. The molecule has 9 rings (SSSR count). The van der Waals surface area contributed by atoms with Crippen LogP contribution in [0.1, 0.15) is 58.3 Å². The van der Waals surface area contributed by atoms with Crippen molar-refractivity contribution in [1.82, 2.24) is 24.6 Å². The Labute approximate surface area is 308 Å². The maximum atomic E-state index is 15.0. The standard InChI is InChI=1S/C41H35F2N7O4/c1-23-30-18-27(19-33(43)38(30)48-47-23)45-40(51)26-7-9-35-34(17-26)46-37(50(35)21-28-12-15-52-28)22-49-13-10-25(11-14-49)29-4-3-5-36-39(29)54-41(2,53-36)31-8-6-24(20-44)16-32(31)42/h3-10,16-19,28H,11-15,21-22H2,1-2H3,(H,45,51)(H,47,48)/t28-,41-/m0/s1. The molecule has 1 fully saturated rings. The predicted octanol–water partition coefficient (Wildman–Crippen LogP) is 7.35. The van der Waals surface area contributed by atoms with E-state index in [2.05, 4.69) is 31.1 Å². The lowest BCUT2D eigenvalue weighted by Crippen LogP contribution is -2.33. The normalized spacial score (nSPS) is 19.5. The number of imidazole rings is 1. The van der Waals surface area contributed by atoms with Gasteiger partial charge in [-0.25, -0.2) is 13.8 Å². The molecule has 0 unspecified atom stereocenters. The van der Waals surface area contributed by atoms with Crippen LogP contribution in [0.15, 0.2) is 72.8 Å². The fourth-order valence-electron chi connectivity index (χ4n) is 7.50. The zero-order valence-electron chi connectivity index (χ0n) is 29.6. The summed E-state index contributed by atoms with van der Waals surface area (Å²) in [5.41, 5.74) is 5.73. The number of halogens is 2. The van der Waals surface area contributed by atoms with Gasteiger partial charge in [0.25, 0.3) is 11.7 Å². The van der Waals surface area contributed by atoms with Crippen LogP contribution in [0.25, 0.3) is 27.5 Å². The van der Waals surface area contributed by atoms with Crippen LogP contribution >= 0.6 is 0 Å². The second-order valence-electron chi connectivity index (χ2n) is 14.1. The lowest BCUT2D eigenvalue weighted by molar-refractivity contribution is -0.0708. The van der Waals surface area contributed by atoms with Gasteiger partial charge in [-0.2, -0.15) is 10.4 Å². The van der Waals surface area contributed by atoms with Crippen LogP contribution in [0.5, 0.6) is 11.5 Å². The van der Waals surface area contributed by atoms with Gasteiger partial charge in [-0.1, -0.05) is 18.2 Å². The van der Waals surface area contributed by atoms with E-state index in [4.69, 9.17) is 19.2 Å². The number of aromatic nitrogens is 4. The second kappa shape index (κ2) is 13.1. The van der Waals surface area contributed by atoms with Crippen molar-refractivity contribution in [1.29, 1.82) is 5.26 Å². The number of H-pyrrole nitrogens is 1. The van der Waals surface area contributed by atoms with E-state index in [1.54, 1.807) is 38.1 Å². The SMILES string of the molecule is Cc1n[nH]c2c(F)cc(NC(=O)c3ccc4c(c3)nc(CN3CC=C(c5cccc6c5O[C@@](C)(c5ccc(C#N)cc5F)O6)CC3)n4C[C@@H]3CCO3)cc12. The van der Waals surface area contributed by atoms with E-state index in [-0.39, 0.29) is 23.1 Å². The van der Waals surface area contributed by atoms with Crippen LogP contribution in [0.2, 0.25) is 0 Å². The molecule has 6 aromatic rings. The van der Waals surface area contributed by atoms with E-state index in [0.29, 0.717) is 64.5 Å². The third-order valence-electron chi connectivity index (χ3n) is 10.5. The highest BCUT2D eigenvalue weighted by molar-refractivity contribution is 6.06. The van der Waals surface area contributed by atoms with Crippen molar-refractivity contribution in [2.45, 2.75) is 51.7 Å². The minimum atomic E-state index is -1.38. The van der Waals surface area contributed by atoms with Gasteiger partial charge in [-0.15, -0.1) is 0 Å². The molecule has 1 saturated heterocycles. The lowest BCUT2D eigenvalue weighted by atomic mass is 9.98. The van der Waals surface area contributed by atoms with Gasteiger partial charge in [0, 0.05) is 48.8 Å². The number of hydrogen-bond donors (Lipinski definition) is 2. The number of carbonyl (C=O) groups excluding carboxylic acids is 1. The first kappa shape index (κ1) is 33.7. The molecule has 5 heterocycles. The zero-order chi connectivity index (χ0) is 37.1. The summed E-state index contributed by atoms with van der Waals surface area (Å²) in [5.74, 6) is -0.843. The molecule has 13 heteroatoms. The van der Waals surface area contributed by atoms with Crippen LogP contribution in [0, 0.1) is 29.9 Å². The topological polar surface area (TPSA) is 130 Å². The van der Waals surface area contributed by atoms with Crippen LogP contribution in [0.4, 0.5) is 14.5 Å². The minimum absolute atomic E-state index is 0.0963. The molecule has 2 atom stereocenters. The Bertz CT molecular complexity index is 2570. The number of ether oxygens (including phenoxy) is 3. The molecule has 11 nitrogen and oxygen atoms in total. The van der Waals surface area contributed by atoms with Crippen LogP contribution in [-0.4, -0.2) is 56.4 Å². The van der Waals surface area contributed by atoms with E-state index in [1.807, 2.05) is 30.3 Å². The van der Waals surface area contributed by atoms with Crippen LogP contribution < -0.4 is 14.8 Å². The summed E-state index contributed by atoms with van der Waals surface area (Å²) in [5, 5.41) is 19.4. The van der Waals surface area contributed by atoms with Crippen molar-refractivity contribution in [3.63, 3.8) is 0 Å². The lowest BCUT2D eigenvalue weighted by Gasteiger charge is -2.29. The van der Waals surface area contributed by atoms with Gasteiger partial charge in [0.2, 0.25) is 0 Å². The second-order valence-corrected chi connectivity index (χ2v) is 14.1. The molecular weight excluding hydrogens is 692 g/mol. The van der Waals surface area contributed by atoms with E-state index >= 15 is 4.39 Å². The van der Waals surface area contributed by atoms with E-state index < -0.39 is 17.4 Å². The van der Waals surface area contributed by atoms with E-state index in [1.165, 1.54) is 18.2 Å². The molecule has 0 radical (unpaired) electrons. The number of nitrogens with one attached hydrogen (secondary N) is 2. The Kier molecular flexibility index (Phi) is 8.17. The number of nitriles is 1. The Balaban J connectivity index is 0.939. The molecule has 0 aliphatic carbocycles. The molecule has 2 N–H and O–H groups in total. The van der Waals surface area contributed by atoms with Gasteiger partial charge < -0.3 is 24.1 Å². The minimum Gasteiger partial charge on any atom is -0.444 e. The smallest absolute Gasteiger partial charge is 0.278 e. The predicted molar refractivity (Wildman–Crippen MR) is 197 cm³/mol. The monoisotopic (exact) mass is 727 g/mol. The van der Waals surface area contributed by atoms with Gasteiger partial charge >= 0.3 is 0 Å². The number of rotatable bonds is 8. The first-order chi connectivity index (χ1) is 26.2. The van der Waals surface area contributed by atoms with Crippen molar-refractivity contribution in [3.8, 4) is 17.6 Å². The van der Waals surface area contributed by atoms with Crippen molar-refractivity contribution in [3.05, 3.63) is 118 Å². The van der Waals surface area contributed by atoms with Crippen LogP contribution in [0.3, 0.4) is 0 Å². The average molecular weight is 728 g/mol. The molecular formula is C41H35F2N7O4. The van der Waals surface area contributed by atoms with Crippen molar-refractivity contribution < 1.29 is 27.8 Å². The number of nitrogens with zero attached hydrogens (tertiary/aromatic N) is 5. The summed E-state index contributed by atoms with van der Waals surface area (Å²) in [6.45, 7) is 6.85. The highest BCUT2D eigenvalue weighted by Crippen LogP contribution is 2.49. The Morgan fingerprint density at radius 2 is 1.98 bits per heavy atom. The van der Waals surface area contributed by atoms with Crippen LogP contribution in [-0.2, 0) is 23.6 Å². The summed E-state index contributed by atoms with van der Waals surface area (Å²) in [6, 6.07) is 20.4. The molecule has 4 aromatic carbocycles. The molecule has 0 spiro atoms. The number of anilines is 1. The zero-order valence-corrected chi connectivity index (χ0v) is 29.6. The number of fused-ring (bicyclic) bond motifs is 3. The molecule has 54 heavy (non-hydrogen) atoms. The number of benzene rings is 4. The quantitative estimate of drug-likeness (QED) is 0.167. The first-order valence-electron chi connectivity index (χ1n) is 17.8. The summed E-state index contributed by atoms with van der Waals surface area (Å²) in [4.78, 5) is 20.7. The average Bonchev–Trinajstić information content (AvgIpc) is 3.81. The summed E-state index contributed by atoms with van der Waals surface area (Å²) < 4.78 is 50.3. The molecule has 1 amide bonds. The van der Waals surface area contributed by atoms with Gasteiger partial charge in [0.05, 0.1) is 53.1 Å². The van der Waals surface area contributed by atoms with Crippen molar-refractivity contribution >= 4 is 39.1 Å². The fourth-order valence-corrected chi connectivity index (χ4v) is 7.50. The van der Waals surface area contributed by atoms with E-state index in [9.17, 15) is 14.4 Å². The van der Waals surface area contributed by atoms with Crippen molar-refractivity contribution in [2.75, 3.05) is 25.0 Å². The largest absolute Gasteiger partial charge is 0.444 e. The maximum Gasteiger partial charge on any atom is 0.278 e. The number of aryl methyl sites for hydroxylation is 1. The van der Waals surface area contributed by atoms with Gasteiger partial charge in [-0.05, 0) is 79.9 Å². The van der Waals surface area contributed by atoms with E-state index in [0.717, 1.165) is 48.5 Å². The van der Waals surface area contributed by atoms with Gasteiger partial charge in [-0.3, -0.25) is 14.8 Å². The number of para-hydroxylation sites is 1. The first-order valence-corrected chi connectivity index (χ1v) is 17.8. The Hall–Kier alpha value is -6.10. The molecule has 272 valence electrons. The van der Waals surface area contributed by atoms with Gasteiger partial charge in [0.1, 0.15) is 17.2 Å². The Morgan fingerprint density at radius 3 is 2.74 bits per heavy atom. The summed E-state index contributed by atoms with van der Waals surface area (Å²) in [6.07, 6.45) is 3.98. The van der Waals surface area contributed by atoms with Crippen molar-refractivity contribution in [2.24, 2.45) is 0 Å². The molecule has 2 aromatic heterocycles. The number of aromatic amines is 1. The number of amides is 1. The van der Waals surface area contributed by atoms with Gasteiger partial charge in [0.15, 0.2) is 17.3 Å². The fraction of sp³-hybridized carbons (Fsp3) is 0.268. The highest BCUT2D eigenvalue weighted by Gasteiger charge is 2.42. The molecule has 3 aliphatic heterocycles. The third-order valence-corrected chi connectivity index (χ3v) is 10.5. The number of hydrogen-bond acceptors (Lipinski definition) is 8.